The summed E-state index contributed by atoms with van der Waals surface area (Å²) in [5, 5.41) is 1.26. The Morgan fingerprint density at radius 2 is 1.89 bits per heavy atom. The number of rotatable bonds is 1. The zero-order chi connectivity index (χ0) is 13.6. The second-order valence-corrected chi connectivity index (χ2v) is 6.12. The maximum absolute atomic E-state index is 6.29. The van der Waals surface area contributed by atoms with Gasteiger partial charge in [0.1, 0.15) is 0 Å². The Kier molecular flexibility index (Phi) is 3.32. The predicted octanol–water partition coefficient (Wildman–Crippen LogP) is 4.52. The lowest BCUT2D eigenvalue weighted by Crippen LogP contribution is -2.01. The van der Waals surface area contributed by atoms with E-state index in [0.29, 0.717) is 16.0 Å². The minimum Gasteiger partial charge on any atom is -0.369 e. The van der Waals surface area contributed by atoms with Crippen LogP contribution in [0.1, 0.15) is 0 Å². The zero-order valence-corrected chi connectivity index (χ0v) is 13.2. The molecule has 2 aromatic carbocycles. The zero-order valence-electron chi connectivity index (χ0n) is 9.57. The number of imidazole rings is 1. The molecular formula is C13H8Cl2IN3. The minimum absolute atomic E-state index is 0.389. The predicted molar refractivity (Wildman–Crippen MR) is 88.2 cm³/mol. The highest BCUT2D eigenvalue weighted by Crippen LogP contribution is 2.30. The number of anilines is 1. The molecule has 0 spiro atoms. The summed E-state index contributed by atoms with van der Waals surface area (Å²) in [7, 11) is 0. The van der Waals surface area contributed by atoms with Gasteiger partial charge in [-0.2, -0.15) is 0 Å². The third-order valence-corrected chi connectivity index (χ3v) is 4.00. The highest BCUT2D eigenvalue weighted by atomic mass is 127. The van der Waals surface area contributed by atoms with Gasteiger partial charge in [-0.15, -0.1) is 0 Å². The summed E-state index contributed by atoms with van der Waals surface area (Å²) in [6.07, 6.45) is 0. The molecule has 1 heterocycles. The molecule has 0 fully saturated rings. The van der Waals surface area contributed by atoms with E-state index in [2.05, 4.69) is 27.6 Å². The topological polar surface area (TPSA) is 43.8 Å². The molecule has 3 aromatic rings. The van der Waals surface area contributed by atoms with E-state index in [1.54, 1.807) is 6.07 Å². The molecule has 3 rings (SSSR count). The monoisotopic (exact) mass is 403 g/mol. The smallest absolute Gasteiger partial charge is 0.205 e. The summed E-state index contributed by atoms with van der Waals surface area (Å²) in [5.41, 5.74) is 8.43. The standard InChI is InChI=1S/C13H8Cl2IN3/c14-7-1-3-12-10(5-7)18-13(17)19(12)11-4-2-8(16)6-9(11)15/h1-6H,(H2,17,18). The first-order valence-electron chi connectivity index (χ1n) is 5.45. The first kappa shape index (κ1) is 13.0. The minimum atomic E-state index is 0.389. The van der Waals surface area contributed by atoms with E-state index in [1.807, 2.05) is 34.9 Å². The van der Waals surface area contributed by atoms with Gasteiger partial charge in [-0.1, -0.05) is 23.2 Å². The van der Waals surface area contributed by atoms with Crippen LogP contribution < -0.4 is 5.73 Å². The first-order valence-corrected chi connectivity index (χ1v) is 7.28. The fourth-order valence-electron chi connectivity index (χ4n) is 1.99. The molecule has 19 heavy (non-hydrogen) atoms. The third kappa shape index (κ3) is 2.28. The summed E-state index contributed by atoms with van der Waals surface area (Å²) in [4.78, 5) is 4.31. The molecule has 0 saturated heterocycles. The molecule has 2 N–H and O–H groups in total. The number of fused-ring (bicyclic) bond motifs is 1. The number of nitrogens with zero attached hydrogens (tertiary/aromatic N) is 2. The van der Waals surface area contributed by atoms with Gasteiger partial charge in [0.15, 0.2) is 0 Å². The molecule has 0 unspecified atom stereocenters. The SMILES string of the molecule is Nc1nc2cc(Cl)ccc2n1-c1ccc(I)cc1Cl. The molecular weight excluding hydrogens is 396 g/mol. The van der Waals surface area contributed by atoms with Gasteiger partial charge in [0.25, 0.3) is 0 Å². The van der Waals surface area contributed by atoms with Crippen molar-refractivity contribution < 1.29 is 0 Å². The quantitative estimate of drug-likeness (QED) is 0.607. The number of halogens is 3. The van der Waals surface area contributed by atoms with Gasteiger partial charge in [0.2, 0.25) is 5.95 Å². The van der Waals surface area contributed by atoms with Crippen molar-refractivity contribution in [3.05, 3.63) is 50.0 Å². The lowest BCUT2D eigenvalue weighted by molar-refractivity contribution is 1.11. The summed E-state index contributed by atoms with van der Waals surface area (Å²) in [6.45, 7) is 0. The van der Waals surface area contributed by atoms with Crippen LogP contribution in [0.15, 0.2) is 36.4 Å². The van der Waals surface area contributed by atoms with Crippen LogP contribution in [0.4, 0.5) is 5.95 Å². The van der Waals surface area contributed by atoms with Crippen LogP contribution in [0.25, 0.3) is 16.7 Å². The van der Waals surface area contributed by atoms with Crippen molar-refractivity contribution in [1.29, 1.82) is 0 Å². The van der Waals surface area contributed by atoms with Gasteiger partial charge >= 0.3 is 0 Å². The number of hydrogen-bond acceptors (Lipinski definition) is 2. The molecule has 0 aliphatic carbocycles. The number of nitrogen functional groups attached to an aromatic ring is 1. The number of nitrogens with two attached hydrogens (primary N) is 1. The molecule has 0 aliphatic rings. The van der Waals surface area contributed by atoms with Crippen molar-refractivity contribution in [2.45, 2.75) is 0 Å². The van der Waals surface area contributed by atoms with E-state index in [-0.39, 0.29) is 0 Å². The molecule has 96 valence electrons. The van der Waals surface area contributed by atoms with Crippen molar-refractivity contribution in [3.8, 4) is 5.69 Å². The molecule has 0 amide bonds. The highest BCUT2D eigenvalue weighted by Gasteiger charge is 2.13. The molecule has 3 nitrogen and oxygen atoms in total. The van der Waals surface area contributed by atoms with Gasteiger partial charge < -0.3 is 5.73 Å². The van der Waals surface area contributed by atoms with Crippen molar-refractivity contribution in [1.82, 2.24) is 9.55 Å². The average Bonchev–Trinajstić information content (AvgIpc) is 2.65. The molecule has 0 saturated carbocycles. The van der Waals surface area contributed by atoms with Crippen molar-refractivity contribution in [2.24, 2.45) is 0 Å². The number of hydrogen-bond donors (Lipinski definition) is 1. The summed E-state index contributed by atoms with van der Waals surface area (Å²) in [6, 6.07) is 11.3. The van der Waals surface area contributed by atoms with Crippen LogP contribution in [0.5, 0.6) is 0 Å². The Balaban J connectivity index is 2.33. The normalized spacial score (nSPS) is 11.1. The maximum Gasteiger partial charge on any atom is 0.205 e. The largest absolute Gasteiger partial charge is 0.369 e. The maximum atomic E-state index is 6.29. The van der Waals surface area contributed by atoms with Crippen molar-refractivity contribution >= 4 is 62.8 Å². The Bertz CT molecular complexity index is 783. The number of benzene rings is 2. The second kappa shape index (κ2) is 4.85. The van der Waals surface area contributed by atoms with Crippen LogP contribution in [-0.4, -0.2) is 9.55 Å². The van der Waals surface area contributed by atoms with E-state index >= 15 is 0 Å². The average molecular weight is 404 g/mol. The van der Waals surface area contributed by atoms with Gasteiger partial charge in [-0.25, -0.2) is 4.98 Å². The van der Waals surface area contributed by atoms with Crippen LogP contribution in [0.2, 0.25) is 10.0 Å². The molecule has 0 aliphatic heterocycles. The number of aromatic nitrogens is 2. The molecule has 0 atom stereocenters. The van der Waals surface area contributed by atoms with Crippen LogP contribution in [-0.2, 0) is 0 Å². The van der Waals surface area contributed by atoms with E-state index < -0.39 is 0 Å². The lowest BCUT2D eigenvalue weighted by Gasteiger charge is -2.09. The Hall–Kier alpha value is -0.980. The lowest BCUT2D eigenvalue weighted by atomic mass is 10.3. The van der Waals surface area contributed by atoms with E-state index in [0.717, 1.165) is 20.3 Å². The highest BCUT2D eigenvalue weighted by molar-refractivity contribution is 14.1. The Morgan fingerprint density at radius 3 is 2.63 bits per heavy atom. The van der Waals surface area contributed by atoms with Crippen molar-refractivity contribution in [3.63, 3.8) is 0 Å². The second-order valence-electron chi connectivity index (χ2n) is 4.03. The van der Waals surface area contributed by atoms with E-state index in [1.165, 1.54) is 0 Å². The van der Waals surface area contributed by atoms with Crippen molar-refractivity contribution in [2.75, 3.05) is 5.73 Å². The Morgan fingerprint density at radius 1 is 1.11 bits per heavy atom. The van der Waals surface area contributed by atoms with E-state index in [9.17, 15) is 0 Å². The third-order valence-electron chi connectivity index (χ3n) is 2.79. The summed E-state index contributed by atoms with van der Waals surface area (Å²) >= 11 is 14.5. The molecule has 0 radical (unpaired) electrons. The fraction of sp³-hybridized carbons (Fsp3) is 0. The molecule has 6 heteroatoms. The van der Waals surface area contributed by atoms with E-state index in [4.69, 9.17) is 28.9 Å². The first-order chi connectivity index (χ1) is 9.06. The molecule has 1 aromatic heterocycles. The van der Waals surface area contributed by atoms with Crippen LogP contribution in [0.3, 0.4) is 0 Å². The Labute approximate surface area is 133 Å². The van der Waals surface area contributed by atoms with Gasteiger partial charge in [0.05, 0.1) is 21.7 Å². The van der Waals surface area contributed by atoms with Gasteiger partial charge in [-0.3, -0.25) is 4.57 Å². The summed E-state index contributed by atoms with van der Waals surface area (Å²) < 4.78 is 2.89. The van der Waals surface area contributed by atoms with Gasteiger partial charge in [-0.05, 0) is 59.0 Å². The molecule has 0 bridgehead atoms. The van der Waals surface area contributed by atoms with Crippen LogP contribution in [0, 0.1) is 3.57 Å². The fourth-order valence-corrected chi connectivity index (χ4v) is 3.09. The van der Waals surface area contributed by atoms with Crippen LogP contribution >= 0.6 is 45.8 Å². The summed E-state index contributed by atoms with van der Waals surface area (Å²) in [5.74, 6) is 0.389. The van der Waals surface area contributed by atoms with Gasteiger partial charge in [0, 0.05) is 8.59 Å².